The molecule has 0 aromatic carbocycles. The maximum Gasteiger partial charge on any atom is 0.317 e. The van der Waals surface area contributed by atoms with Crippen LogP contribution >= 0.6 is 0 Å². The minimum Gasteiger partial charge on any atom is -0.458 e. The lowest BCUT2D eigenvalue weighted by Gasteiger charge is -2.34. The van der Waals surface area contributed by atoms with Crippen molar-refractivity contribution >= 4 is 6.03 Å². The quantitative estimate of drug-likeness (QED) is 0.906. The zero-order valence-corrected chi connectivity index (χ0v) is 12.6. The van der Waals surface area contributed by atoms with E-state index in [0.717, 1.165) is 25.2 Å². The van der Waals surface area contributed by atoms with Gasteiger partial charge in [0.15, 0.2) is 5.82 Å². The van der Waals surface area contributed by atoms with Crippen LogP contribution in [0.25, 0.3) is 0 Å². The zero-order valence-electron chi connectivity index (χ0n) is 12.6. The Labute approximate surface area is 123 Å². The summed E-state index contributed by atoms with van der Waals surface area (Å²) < 4.78 is 18.4. The van der Waals surface area contributed by atoms with E-state index in [2.05, 4.69) is 15.3 Å². The molecule has 1 saturated heterocycles. The predicted molar refractivity (Wildman–Crippen MR) is 75.5 cm³/mol. The smallest absolute Gasteiger partial charge is 0.317 e. The summed E-state index contributed by atoms with van der Waals surface area (Å²) >= 11 is 0. The Morgan fingerprint density at radius 3 is 2.71 bits per heavy atom. The third kappa shape index (κ3) is 4.84. The van der Waals surface area contributed by atoms with Crippen molar-refractivity contribution in [2.75, 3.05) is 13.1 Å². The molecule has 7 heteroatoms. The lowest BCUT2D eigenvalue weighted by atomic mass is 10.1. The van der Waals surface area contributed by atoms with Gasteiger partial charge in [-0.1, -0.05) is 0 Å². The first-order valence-corrected chi connectivity index (χ1v) is 7.05. The van der Waals surface area contributed by atoms with Crippen LogP contribution in [0.1, 0.15) is 33.6 Å². The molecule has 0 saturated carbocycles. The van der Waals surface area contributed by atoms with Crippen LogP contribution in [0.3, 0.4) is 0 Å². The molecule has 1 unspecified atom stereocenters. The molecule has 1 aliphatic heterocycles. The summed E-state index contributed by atoms with van der Waals surface area (Å²) in [5.74, 6) is -0.503. The number of ether oxygens (including phenoxy) is 1. The topological polar surface area (TPSA) is 67.4 Å². The van der Waals surface area contributed by atoms with Gasteiger partial charge in [-0.05, 0) is 33.6 Å². The molecule has 116 valence electrons. The van der Waals surface area contributed by atoms with Crippen LogP contribution in [0.15, 0.2) is 12.4 Å². The van der Waals surface area contributed by atoms with Crippen LogP contribution < -0.4 is 10.1 Å². The lowest BCUT2D eigenvalue weighted by molar-refractivity contribution is 0.0914. The number of halogens is 1. The van der Waals surface area contributed by atoms with E-state index in [9.17, 15) is 9.18 Å². The monoisotopic (exact) mass is 296 g/mol. The van der Waals surface area contributed by atoms with Crippen LogP contribution in [-0.4, -0.2) is 45.6 Å². The van der Waals surface area contributed by atoms with E-state index in [-0.39, 0.29) is 23.7 Å². The zero-order chi connectivity index (χ0) is 15.5. The molecule has 2 amide bonds. The molecule has 2 rings (SSSR count). The molecule has 2 heterocycles. The fourth-order valence-corrected chi connectivity index (χ4v) is 2.13. The summed E-state index contributed by atoms with van der Waals surface area (Å²) in [4.78, 5) is 21.4. The summed E-state index contributed by atoms with van der Waals surface area (Å²) in [5, 5.41) is 2.93. The normalized spacial score (nSPS) is 19.2. The van der Waals surface area contributed by atoms with Crippen molar-refractivity contribution in [3.8, 4) is 6.01 Å². The number of likely N-dealkylation sites (tertiary alicyclic amines) is 1. The molecule has 0 spiro atoms. The summed E-state index contributed by atoms with van der Waals surface area (Å²) in [6, 6.07) is 0.0373. The Kier molecular flexibility index (Phi) is 4.59. The highest BCUT2D eigenvalue weighted by Gasteiger charge is 2.27. The van der Waals surface area contributed by atoms with Crippen LogP contribution in [-0.2, 0) is 0 Å². The maximum absolute atomic E-state index is 12.7. The first-order valence-electron chi connectivity index (χ1n) is 7.05. The Morgan fingerprint density at radius 1 is 1.43 bits per heavy atom. The molecule has 1 aromatic rings. The highest BCUT2D eigenvalue weighted by molar-refractivity contribution is 5.75. The van der Waals surface area contributed by atoms with Crippen molar-refractivity contribution < 1.29 is 13.9 Å². The van der Waals surface area contributed by atoms with Gasteiger partial charge in [0.25, 0.3) is 0 Å². The Hall–Kier alpha value is -1.92. The van der Waals surface area contributed by atoms with Crippen LogP contribution in [0.4, 0.5) is 9.18 Å². The second kappa shape index (κ2) is 6.24. The molecule has 0 radical (unpaired) electrons. The van der Waals surface area contributed by atoms with Crippen molar-refractivity contribution in [3.05, 3.63) is 18.2 Å². The second-order valence-corrected chi connectivity index (χ2v) is 6.19. The lowest BCUT2D eigenvalue weighted by Crippen LogP contribution is -2.53. The van der Waals surface area contributed by atoms with Crippen molar-refractivity contribution in [3.63, 3.8) is 0 Å². The number of aromatic nitrogens is 2. The third-order valence-corrected chi connectivity index (χ3v) is 3.02. The maximum atomic E-state index is 12.7. The van der Waals surface area contributed by atoms with Gasteiger partial charge in [0.1, 0.15) is 6.10 Å². The largest absolute Gasteiger partial charge is 0.458 e. The highest BCUT2D eigenvalue weighted by atomic mass is 19.1. The van der Waals surface area contributed by atoms with Crippen molar-refractivity contribution in [2.45, 2.75) is 45.3 Å². The van der Waals surface area contributed by atoms with E-state index in [0.29, 0.717) is 13.1 Å². The minimum atomic E-state index is -0.503. The van der Waals surface area contributed by atoms with E-state index in [1.54, 1.807) is 4.90 Å². The molecule has 0 aliphatic carbocycles. The Bertz CT molecular complexity index is 487. The van der Waals surface area contributed by atoms with E-state index in [1.165, 1.54) is 0 Å². The number of hydrogen-bond donors (Lipinski definition) is 1. The standard InChI is InChI=1S/C14H21FN4O2/c1-14(2,3)18-13(20)19-6-4-5-11(9-19)21-12-16-7-10(15)8-17-12/h7-8,11H,4-6,9H2,1-3H3,(H,18,20). The number of carbonyl (C=O) groups is 1. The van der Waals surface area contributed by atoms with Gasteiger partial charge in [-0.25, -0.2) is 19.2 Å². The molecule has 1 atom stereocenters. The Balaban J connectivity index is 1.91. The summed E-state index contributed by atoms with van der Waals surface area (Å²) in [7, 11) is 0. The van der Waals surface area contributed by atoms with Crippen molar-refractivity contribution in [2.24, 2.45) is 0 Å². The Morgan fingerprint density at radius 2 is 2.10 bits per heavy atom. The minimum absolute atomic E-state index is 0.101. The summed E-state index contributed by atoms with van der Waals surface area (Å²) in [5.41, 5.74) is -0.273. The fraction of sp³-hybridized carbons (Fsp3) is 0.643. The summed E-state index contributed by atoms with van der Waals surface area (Å²) in [6.07, 6.45) is 3.63. The first kappa shape index (κ1) is 15.5. The molecule has 1 fully saturated rings. The van der Waals surface area contributed by atoms with Gasteiger partial charge in [0.05, 0.1) is 18.9 Å². The third-order valence-electron chi connectivity index (χ3n) is 3.02. The summed E-state index contributed by atoms with van der Waals surface area (Å²) in [6.45, 7) is 6.99. The fourth-order valence-electron chi connectivity index (χ4n) is 2.13. The first-order chi connectivity index (χ1) is 9.83. The van der Waals surface area contributed by atoms with Crippen LogP contribution in [0.5, 0.6) is 6.01 Å². The van der Waals surface area contributed by atoms with Gasteiger partial charge in [0, 0.05) is 12.1 Å². The molecule has 6 nitrogen and oxygen atoms in total. The average Bonchev–Trinajstić information content (AvgIpc) is 2.40. The van der Waals surface area contributed by atoms with Crippen molar-refractivity contribution in [1.29, 1.82) is 0 Å². The van der Waals surface area contributed by atoms with Crippen LogP contribution in [0, 0.1) is 5.82 Å². The van der Waals surface area contributed by atoms with Crippen molar-refractivity contribution in [1.82, 2.24) is 20.2 Å². The molecule has 1 N–H and O–H groups in total. The molecular formula is C14H21FN4O2. The second-order valence-electron chi connectivity index (χ2n) is 6.19. The number of carbonyl (C=O) groups excluding carboxylic acids is 1. The van der Waals surface area contributed by atoms with E-state index in [1.807, 2.05) is 20.8 Å². The average molecular weight is 296 g/mol. The van der Waals surface area contributed by atoms with E-state index < -0.39 is 5.82 Å². The molecular weight excluding hydrogens is 275 g/mol. The SMILES string of the molecule is CC(C)(C)NC(=O)N1CCCC(Oc2ncc(F)cn2)C1. The predicted octanol–water partition coefficient (Wildman–Crippen LogP) is 1.97. The number of rotatable bonds is 2. The molecule has 1 aliphatic rings. The number of urea groups is 1. The molecule has 1 aromatic heterocycles. The van der Waals surface area contributed by atoms with Gasteiger partial charge < -0.3 is 15.0 Å². The number of amides is 2. The van der Waals surface area contributed by atoms with E-state index >= 15 is 0 Å². The van der Waals surface area contributed by atoms with Crippen LogP contribution in [0.2, 0.25) is 0 Å². The molecule has 21 heavy (non-hydrogen) atoms. The number of piperidine rings is 1. The number of nitrogens with one attached hydrogen (secondary N) is 1. The van der Waals surface area contributed by atoms with Gasteiger partial charge >= 0.3 is 12.0 Å². The number of hydrogen-bond acceptors (Lipinski definition) is 4. The van der Waals surface area contributed by atoms with Gasteiger partial charge in [-0.3, -0.25) is 0 Å². The molecule has 0 bridgehead atoms. The van der Waals surface area contributed by atoms with E-state index in [4.69, 9.17) is 4.74 Å². The number of nitrogens with zero attached hydrogens (tertiary/aromatic N) is 3. The van der Waals surface area contributed by atoms with Gasteiger partial charge in [0.2, 0.25) is 0 Å². The van der Waals surface area contributed by atoms with Gasteiger partial charge in [-0.2, -0.15) is 0 Å². The highest BCUT2D eigenvalue weighted by Crippen LogP contribution is 2.16. The van der Waals surface area contributed by atoms with Gasteiger partial charge in [-0.15, -0.1) is 0 Å².